The van der Waals surface area contributed by atoms with E-state index in [0.717, 1.165) is 37.1 Å². The van der Waals surface area contributed by atoms with E-state index in [2.05, 4.69) is 129 Å². The summed E-state index contributed by atoms with van der Waals surface area (Å²) in [5.41, 5.74) is 9.79. The number of aromatic nitrogens is 1. The summed E-state index contributed by atoms with van der Waals surface area (Å²) >= 11 is 0. The lowest BCUT2D eigenvalue weighted by Crippen LogP contribution is -2.17. The monoisotopic (exact) mass is 484 g/mol. The van der Waals surface area contributed by atoms with Crippen LogP contribution in [0.1, 0.15) is 60.7 Å². The van der Waals surface area contributed by atoms with E-state index in [1.165, 1.54) is 44.3 Å². The maximum absolute atomic E-state index is 5.30. The zero-order chi connectivity index (χ0) is 25.6. The number of hydrogen-bond acceptors (Lipinski definition) is 2. The Morgan fingerprint density at radius 2 is 1.32 bits per heavy atom. The number of nitrogens with one attached hydrogen (secondary N) is 1. The van der Waals surface area contributed by atoms with Crippen molar-refractivity contribution in [2.75, 3.05) is 5.32 Å². The number of aryl methyl sites for hydroxylation is 3. The van der Waals surface area contributed by atoms with Gasteiger partial charge in [-0.3, -0.25) is 4.98 Å². The number of nitrogens with zero attached hydrogens (tertiary/aromatic N) is 1. The second kappa shape index (κ2) is 11.4. The van der Waals surface area contributed by atoms with Crippen LogP contribution in [0.5, 0.6) is 0 Å². The predicted octanol–water partition coefficient (Wildman–Crippen LogP) is 9.32. The largest absolute Gasteiger partial charge is 0.372 e. The summed E-state index contributed by atoms with van der Waals surface area (Å²) < 4.78 is 0. The second-order valence-electron chi connectivity index (χ2n) is 9.86. The van der Waals surface area contributed by atoms with Gasteiger partial charge in [-0.05, 0) is 64.9 Å². The van der Waals surface area contributed by atoms with Crippen LogP contribution in [-0.2, 0) is 12.8 Å². The molecule has 1 unspecified atom stereocenters. The summed E-state index contributed by atoms with van der Waals surface area (Å²) in [4.78, 5) is 5.30. The van der Waals surface area contributed by atoms with Gasteiger partial charge >= 0.3 is 0 Å². The van der Waals surface area contributed by atoms with E-state index in [4.69, 9.17) is 4.98 Å². The minimum atomic E-state index is -0.0512. The average molecular weight is 485 g/mol. The lowest BCUT2D eigenvalue weighted by Gasteiger charge is -2.26. The van der Waals surface area contributed by atoms with Gasteiger partial charge in [-0.25, -0.2) is 0 Å². The van der Waals surface area contributed by atoms with Gasteiger partial charge in [0.05, 0.1) is 17.4 Å². The first-order chi connectivity index (χ1) is 18.2. The van der Waals surface area contributed by atoms with Crippen molar-refractivity contribution < 1.29 is 0 Å². The molecular weight excluding hydrogens is 448 g/mol. The molecule has 0 saturated carbocycles. The molecule has 4 aromatic carbocycles. The third-order valence-electron chi connectivity index (χ3n) is 7.20. The second-order valence-corrected chi connectivity index (χ2v) is 9.86. The van der Waals surface area contributed by atoms with Crippen LogP contribution in [0, 0.1) is 6.92 Å². The van der Waals surface area contributed by atoms with Gasteiger partial charge in [0.25, 0.3) is 0 Å². The fourth-order valence-corrected chi connectivity index (χ4v) is 5.37. The van der Waals surface area contributed by atoms with Crippen LogP contribution in [-0.4, -0.2) is 4.98 Å². The average Bonchev–Trinajstić information content (AvgIpc) is 2.93. The molecule has 0 radical (unpaired) electrons. The Morgan fingerprint density at radius 3 is 2.08 bits per heavy atom. The molecule has 0 fully saturated rings. The Labute approximate surface area is 221 Å². The maximum Gasteiger partial charge on any atom is 0.0943 e. The van der Waals surface area contributed by atoms with Crippen LogP contribution < -0.4 is 5.32 Å². The van der Waals surface area contributed by atoms with Crippen molar-refractivity contribution in [2.45, 2.75) is 52.5 Å². The number of anilines is 1. The fourth-order valence-electron chi connectivity index (χ4n) is 5.37. The zero-order valence-electron chi connectivity index (χ0n) is 22.2. The van der Waals surface area contributed by atoms with E-state index in [0.29, 0.717) is 0 Å². The van der Waals surface area contributed by atoms with Crippen LogP contribution >= 0.6 is 0 Å². The summed E-state index contributed by atoms with van der Waals surface area (Å²) in [6.45, 7) is 6.71. The zero-order valence-corrected chi connectivity index (χ0v) is 22.2. The molecule has 1 heterocycles. The van der Waals surface area contributed by atoms with E-state index >= 15 is 0 Å². The highest BCUT2D eigenvalue weighted by Crippen LogP contribution is 2.34. The first-order valence-corrected chi connectivity index (χ1v) is 13.6. The molecule has 37 heavy (non-hydrogen) atoms. The molecule has 2 heteroatoms. The molecule has 1 atom stereocenters. The first kappa shape index (κ1) is 24.8. The topological polar surface area (TPSA) is 24.9 Å². The Bertz CT molecular complexity index is 1470. The van der Waals surface area contributed by atoms with Crippen molar-refractivity contribution in [1.82, 2.24) is 4.98 Å². The van der Waals surface area contributed by atoms with Crippen molar-refractivity contribution in [2.24, 2.45) is 0 Å². The number of pyridine rings is 1. The molecular formula is C35H36N2. The van der Waals surface area contributed by atoms with Crippen LogP contribution in [0.25, 0.3) is 22.0 Å². The highest BCUT2D eigenvalue weighted by molar-refractivity contribution is 5.95. The number of para-hydroxylation sites is 1. The first-order valence-electron chi connectivity index (χ1n) is 13.6. The Morgan fingerprint density at radius 1 is 0.676 bits per heavy atom. The molecule has 0 spiro atoms. The predicted molar refractivity (Wildman–Crippen MR) is 158 cm³/mol. The van der Waals surface area contributed by atoms with E-state index in [1.807, 2.05) is 0 Å². The SMILES string of the molecule is CCCc1cccc(CCC)c1NC(c1cccc(-c2cccc3ccccc23)n1)c1ccccc1C. The summed E-state index contributed by atoms with van der Waals surface area (Å²) in [5.74, 6) is 0. The molecule has 0 aliphatic rings. The van der Waals surface area contributed by atoms with Gasteiger partial charge in [0.2, 0.25) is 0 Å². The minimum absolute atomic E-state index is 0.0512. The lowest BCUT2D eigenvalue weighted by atomic mass is 9.94. The van der Waals surface area contributed by atoms with Crippen molar-refractivity contribution in [3.63, 3.8) is 0 Å². The van der Waals surface area contributed by atoms with Gasteiger partial charge in [-0.1, -0.05) is 118 Å². The standard InChI is InChI=1S/C35H36N2/c1-4-13-27-18-10-19-28(14-5-2)34(27)37-35(29-20-8-6-15-25(29)3)33-24-12-23-32(36-33)31-22-11-17-26-16-7-9-21-30(26)31/h6-12,15-24,35,37H,4-5,13-14H2,1-3H3. The molecule has 0 saturated heterocycles. The number of benzene rings is 4. The van der Waals surface area contributed by atoms with E-state index in [1.54, 1.807) is 0 Å². The van der Waals surface area contributed by atoms with E-state index in [9.17, 15) is 0 Å². The molecule has 5 aromatic rings. The highest BCUT2D eigenvalue weighted by Gasteiger charge is 2.21. The van der Waals surface area contributed by atoms with E-state index in [-0.39, 0.29) is 6.04 Å². The molecule has 1 aromatic heterocycles. The third kappa shape index (κ3) is 5.29. The van der Waals surface area contributed by atoms with Gasteiger partial charge in [0.15, 0.2) is 0 Å². The van der Waals surface area contributed by atoms with Crippen LogP contribution in [0.4, 0.5) is 5.69 Å². The molecule has 5 rings (SSSR count). The van der Waals surface area contributed by atoms with Crippen LogP contribution in [0.3, 0.4) is 0 Å². The Balaban J connectivity index is 1.65. The summed E-state index contributed by atoms with van der Waals surface area (Å²) in [5, 5.41) is 6.48. The minimum Gasteiger partial charge on any atom is -0.372 e. The van der Waals surface area contributed by atoms with Gasteiger partial charge in [0, 0.05) is 11.3 Å². The molecule has 0 bridgehead atoms. The summed E-state index contributed by atoms with van der Waals surface area (Å²) in [6.07, 6.45) is 4.36. The van der Waals surface area contributed by atoms with Gasteiger partial charge in [0.1, 0.15) is 0 Å². The number of rotatable bonds is 9. The lowest BCUT2D eigenvalue weighted by molar-refractivity contribution is 0.849. The van der Waals surface area contributed by atoms with E-state index < -0.39 is 0 Å². The van der Waals surface area contributed by atoms with Crippen molar-refractivity contribution in [3.8, 4) is 11.3 Å². The molecule has 0 aliphatic carbocycles. The smallest absolute Gasteiger partial charge is 0.0943 e. The highest BCUT2D eigenvalue weighted by atomic mass is 15.0. The molecule has 0 aliphatic heterocycles. The van der Waals surface area contributed by atoms with Gasteiger partial charge < -0.3 is 5.32 Å². The molecule has 1 N–H and O–H groups in total. The maximum atomic E-state index is 5.30. The Kier molecular flexibility index (Phi) is 7.65. The van der Waals surface area contributed by atoms with Crippen molar-refractivity contribution >= 4 is 16.5 Å². The summed E-state index contributed by atoms with van der Waals surface area (Å²) in [7, 11) is 0. The van der Waals surface area contributed by atoms with Gasteiger partial charge in [-0.2, -0.15) is 0 Å². The number of fused-ring (bicyclic) bond motifs is 1. The fraction of sp³-hybridized carbons (Fsp3) is 0.229. The third-order valence-corrected chi connectivity index (χ3v) is 7.20. The number of hydrogen-bond donors (Lipinski definition) is 1. The molecule has 2 nitrogen and oxygen atoms in total. The van der Waals surface area contributed by atoms with Crippen LogP contribution in [0.15, 0.2) is 103 Å². The molecule has 186 valence electrons. The van der Waals surface area contributed by atoms with Crippen molar-refractivity contribution in [3.05, 3.63) is 131 Å². The quantitative estimate of drug-likeness (QED) is 0.225. The van der Waals surface area contributed by atoms with Crippen LogP contribution in [0.2, 0.25) is 0 Å². The summed E-state index contributed by atoms with van der Waals surface area (Å²) in [6, 6.07) is 36.9. The Hall–Kier alpha value is -3.91. The van der Waals surface area contributed by atoms with Crippen molar-refractivity contribution in [1.29, 1.82) is 0 Å². The normalized spacial score (nSPS) is 12.0. The molecule has 0 amide bonds. The van der Waals surface area contributed by atoms with Gasteiger partial charge in [-0.15, -0.1) is 0 Å².